The van der Waals surface area contributed by atoms with Crippen LogP contribution in [0, 0.1) is 0 Å². The van der Waals surface area contributed by atoms with Crippen molar-refractivity contribution in [2.24, 2.45) is 0 Å². The molecule has 1 aromatic rings. The van der Waals surface area contributed by atoms with Gasteiger partial charge in [-0.3, -0.25) is 14.3 Å². The van der Waals surface area contributed by atoms with Gasteiger partial charge in [-0.15, -0.1) is 0 Å². The zero-order chi connectivity index (χ0) is 13.5. The second-order valence-corrected chi connectivity index (χ2v) is 3.91. The highest BCUT2D eigenvalue weighted by atomic mass is 19.2. The fourth-order valence-electron chi connectivity index (χ4n) is 1.73. The van der Waals surface area contributed by atoms with E-state index in [2.05, 4.69) is 4.74 Å². The number of aliphatic hydroxyl groups excluding tert-OH is 3. The van der Waals surface area contributed by atoms with Gasteiger partial charge in [-0.1, -0.05) is 0 Å². The molecule has 0 aliphatic carbocycles. The first-order valence-corrected chi connectivity index (χ1v) is 5.04. The highest BCUT2D eigenvalue weighted by Crippen LogP contribution is 2.37. The van der Waals surface area contributed by atoms with Crippen molar-refractivity contribution in [2.75, 3.05) is 6.61 Å². The van der Waals surface area contributed by atoms with Crippen LogP contribution in [0.15, 0.2) is 21.9 Å². The molecule has 4 N–H and O–H groups in total. The van der Waals surface area contributed by atoms with Crippen LogP contribution in [0.3, 0.4) is 0 Å². The van der Waals surface area contributed by atoms with Gasteiger partial charge in [-0.25, -0.2) is 9.18 Å². The van der Waals surface area contributed by atoms with Gasteiger partial charge in [-0.2, -0.15) is 0 Å². The number of ether oxygens (including phenoxy) is 1. The van der Waals surface area contributed by atoms with Crippen LogP contribution in [0.2, 0.25) is 0 Å². The minimum atomic E-state index is -2.86. The van der Waals surface area contributed by atoms with Crippen molar-refractivity contribution in [1.29, 1.82) is 0 Å². The van der Waals surface area contributed by atoms with Gasteiger partial charge >= 0.3 is 5.69 Å². The van der Waals surface area contributed by atoms with Crippen LogP contribution in [0.25, 0.3) is 0 Å². The van der Waals surface area contributed by atoms with E-state index in [-0.39, 0.29) is 0 Å². The number of H-pyrrole nitrogens is 1. The van der Waals surface area contributed by atoms with Crippen LogP contribution in [-0.2, 0) is 4.74 Å². The van der Waals surface area contributed by atoms with Gasteiger partial charge in [0.25, 0.3) is 11.4 Å². The lowest BCUT2D eigenvalue weighted by Crippen LogP contribution is -2.42. The third-order valence-electron chi connectivity index (χ3n) is 2.71. The van der Waals surface area contributed by atoms with Crippen LogP contribution in [0.5, 0.6) is 0 Å². The number of aromatic amines is 1. The molecular formula is C9H11FN2O6. The Kier molecular flexibility index (Phi) is 3.07. The van der Waals surface area contributed by atoms with Gasteiger partial charge in [0.2, 0.25) is 0 Å². The normalized spacial score (nSPS) is 35.9. The molecule has 0 amide bonds. The van der Waals surface area contributed by atoms with Crippen molar-refractivity contribution in [3.63, 3.8) is 0 Å². The predicted molar refractivity (Wildman–Crippen MR) is 54.4 cm³/mol. The summed E-state index contributed by atoms with van der Waals surface area (Å²) in [5, 5.41) is 27.8. The number of alkyl halides is 1. The summed E-state index contributed by atoms with van der Waals surface area (Å²) in [5.74, 6) is -2.86. The molecule has 8 nitrogen and oxygen atoms in total. The van der Waals surface area contributed by atoms with E-state index in [4.69, 9.17) is 5.11 Å². The molecule has 1 aliphatic heterocycles. The molecule has 0 bridgehead atoms. The van der Waals surface area contributed by atoms with Crippen LogP contribution in [0.4, 0.5) is 4.39 Å². The summed E-state index contributed by atoms with van der Waals surface area (Å²) in [6, 6.07) is 0.973. The number of aliphatic hydroxyl groups is 3. The van der Waals surface area contributed by atoms with E-state index in [9.17, 15) is 24.2 Å². The van der Waals surface area contributed by atoms with Crippen LogP contribution in [-0.4, -0.2) is 49.5 Å². The van der Waals surface area contributed by atoms with E-state index >= 15 is 0 Å². The summed E-state index contributed by atoms with van der Waals surface area (Å²) in [4.78, 5) is 24.2. The van der Waals surface area contributed by atoms with Gasteiger partial charge < -0.3 is 20.1 Å². The van der Waals surface area contributed by atoms with E-state index in [1.165, 1.54) is 0 Å². The maximum absolute atomic E-state index is 13.8. The van der Waals surface area contributed by atoms with Crippen molar-refractivity contribution in [2.45, 2.75) is 24.3 Å². The average molecular weight is 262 g/mol. The van der Waals surface area contributed by atoms with Crippen molar-refractivity contribution < 1.29 is 24.4 Å². The Bertz CT molecular complexity index is 556. The highest BCUT2D eigenvalue weighted by Gasteiger charge is 2.55. The molecular weight excluding hydrogens is 251 g/mol. The largest absolute Gasteiger partial charge is 0.390 e. The minimum Gasteiger partial charge on any atom is -0.390 e. The van der Waals surface area contributed by atoms with Crippen molar-refractivity contribution in [1.82, 2.24) is 9.55 Å². The van der Waals surface area contributed by atoms with E-state index in [1.54, 1.807) is 0 Å². The van der Waals surface area contributed by atoms with Gasteiger partial charge in [0, 0.05) is 12.3 Å². The van der Waals surface area contributed by atoms with Gasteiger partial charge in [0.15, 0.2) is 6.23 Å². The van der Waals surface area contributed by atoms with E-state index < -0.39 is 42.1 Å². The Hall–Kier alpha value is -1.55. The molecule has 100 valence electrons. The molecule has 2 heterocycles. The first-order valence-electron chi connectivity index (χ1n) is 5.04. The number of hydrogen-bond acceptors (Lipinski definition) is 6. The second kappa shape index (κ2) is 4.28. The summed E-state index contributed by atoms with van der Waals surface area (Å²) in [6.45, 7) is -1.18. The molecule has 1 saturated heterocycles. The highest BCUT2D eigenvalue weighted by molar-refractivity contribution is 4.96. The Labute approximate surface area is 98.9 Å². The lowest BCUT2D eigenvalue weighted by molar-refractivity contribution is -0.207. The first kappa shape index (κ1) is 12.9. The standard InChI is InChI=1S/C9H11FN2O6/c10-9(3-13)6(16)5(15)7(18-9)12-2-1-4(14)11-8(12)17/h1-2,5-7,13,15-16H,3H2,(H,11,14,17)/t5?,6?,7-,9-/m0/s1. The van der Waals surface area contributed by atoms with Crippen LogP contribution < -0.4 is 11.2 Å². The van der Waals surface area contributed by atoms with E-state index in [0.717, 1.165) is 12.3 Å². The van der Waals surface area contributed by atoms with Crippen molar-refractivity contribution in [3.05, 3.63) is 33.1 Å². The zero-order valence-electron chi connectivity index (χ0n) is 8.99. The Morgan fingerprint density at radius 3 is 2.67 bits per heavy atom. The number of aromatic nitrogens is 2. The molecule has 0 aromatic carbocycles. The lowest BCUT2D eigenvalue weighted by atomic mass is 10.1. The molecule has 0 saturated carbocycles. The number of hydrogen-bond donors (Lipinski definition) is 4. The Morgan fingerprint density at radius 2 is 2.17 bits per heavy atom. The number of halogens is 1. The molecule has 4 atom stereocenters. The average Bonchev–Trinajstić information content (AvgIpc) is 2.55. The smallest absolute Gasteiger partial charge is 0.330 e. The summed E-state index contributed by atoms with van der Waals surface area (Å²) in [5.41, 5.74) is -1.60. The van der Waals surface area contributed by atoms with E-state index in [0.29, 0.717) is 4.57 Å². The topological polar surface area (TPSA) is 125 Å². The monoisotopic (exact) mass is 262 g/mol. The van der Waals surface area contributed by atoms with Crippen molar-refractivity contribution in [3.8, 4) is 0 Å². The van der Waals surface area contributed by atoms with Gasteiger partial charge in [0.05, 0.1) is 0 Å². The lowest BCUT2D eigenvalue weighted by Gasteiger charge is -2.19. The maximum atomic E-state index is 13.8. The fourth-order valence-corrected chi connectivity index (χ4v) is 1.73. The van der Waals surface area contributed by atoms with Gasteiger partial charge in [-0.05, 0) is 0 Å². The quantitative estimate of drug-likeness (QED) is 0.465. The molecule has 0 radical (unpaired) electrons. The molecule has 1 aromatic heterocycles. The Balaban J connectivity index is 2.41. The molecule has 1 aliphatic rings. The summed E-state index contributed by atoms with van der Waals surface area (Å²) < 4.78 is 19.1. The number of nitrogens with zero attached hydrogens (tertiary/aromatic N) is 1. The summed E-state index contributed by atoms with van der Waals surface area (Å²) in [7, 11) is 0. The maximum Gasteiger partial charge on any atom is 0.330 e. The third-order valence-corrected chi connectivity index (χ3v) is 2.71. The SMILES string of the molecule is O=c1ccn([C@H]2O[C@@](F)(CO)C(O)C2O)c(=O)[nH]1. The van der Waals surface area contributed by atoms with E-state index in [1.807, 2.05) is 4.98 Å². The Morgan fingerprint density at radius 1 is 1.50 bits per heavy atom. The van der Waals surface area contributed by atoms with Crippen LogP contribution >= 0.6 is 0 Å². The summed E-state index contributed by atoms with van der Waals surface area (Å²) >= 11 is 0. The second-order valence-electron chi connectivity index (χ2n) is 3.91. The number of nitrogens with one attached hydrogen (secondary N) is 1. The van der Waals surface area contributed by atoms with Gasteiger partial charge in [0.1, 0.15) is 18.8 Å². The molecule has 9 heteroatoms. The summed E-state index contributed by atoms with van der Waals surface area (Å²) in [6.07, 6.45) is -4.32. The molecule has 2 rings (SSSR count). The minimum absolute atomic E-state index is 0.669. The fraction of sp³-hybridized carbons (Fsp3) is 0.556. The van der Waals surface area contributed by atoms with Crippen molar-refractivity contribution >= 4 is 0 Å². The number of rotatable bonds is 2. The third kappa shape index (κ3) is 1.86. The zero-order valence-corrected chi connectivity index (χ0v) is 8.99. The van der Waals surface area contributed by atoms with Crippen LogP contribution in [0.1, 0.15) is 6.23 Å². The predicted octanol–water partition coefficient (Wildman–Crippen LogP) is -2.55. The molecule has 2 unspecified atom stereocenters. The first-order chi connectivity index (χ1) is 8.39. The molecule has 0 spiro atoms. The molecule has 1 fully saturated rings. The molecule has 18 heavy (non-hydrogen) atoms.